The molecule has 0 radical (unpaired) electrons. The first-order valence-electron chi connectivity index (χ1n) is 7.33. The lowest BCUT2D eigenvalue weighted by molar-refractivity contribution is -0.144. The minimum atomic E-state index is -4.86. The molecule has 0 atom stereocenters. The van der Waals surface area contributed by atoms with E-state index in [1.807, 2.05) is 0 Å². The Kier molecular flexibility index (Phi) is 3.95. The van der Waals surface area contributed by atoms with Gasteiger partial charge in [-0.05, 0) is 41.9 Å². The fourth-order valence-corrected chi connectivity index (χ4v) is 3.25. The van der Waals surface area contributed by atoms with E-state index in [0.717, 1.165) is 7.05 Å². The summed E-state index contributed by atoms with van der Waals surface area (Å²) >= 11 is 3.21. The predicted molar refractivity (Wildman–Crippen MR) is 89.0 cm³/mol. The molecule has 10 heteroatoms. The van der Waals surface area contributed by atoms with E-state index in [2.05, 4.69) is 15.9 Å². The summed E-state index contributed by atoms with van der Waals surface area (Å²) in [6, 6.07) is 3.09. The van der Waals surface area contributed by atoms with E-state index in [9.17, 15) is 27.6 Å². The van der Waals surface area contributed by atoms with Crippen LogP contribution in [-0.4, -0.2) is 20.5 Å². The number of halogens is 4. The summed E-state index contributed by atoms with van der Waals surface area (Å²) in [6.45, 7) is 3.03. The Morgan fingerprint density at radius 3 is 2.35 bits per heavy atom. The molecule has 0 N–H and O–H groups in total. The number of hydrogen-bond donors (Lipinski definition) is 0. The van der Waals surface area contributed by atoms with Gasteiger partial charge in [-0.25, -0.2) is 9.36 Å². The minimum absolute atomic E-state index is 0.0340. The Bertz CT molecular complexity index is 1070. The summed E-state index contributed by atoms with van der Waals surface area (Å²) in [5, 5.41) is 0. The van der Waals surface area contributed by atoms with Crippen molar-refractivity contribution < 1.29 is 22.7 Å². The Hall–Kier alpha value is -2.36. The van der Waals surface area contributed by atoms with Crippen LogP contribution in [-0.2, 0) is 13.2 Å². The van der Waals surface area contributed by atoms with Crippen molar-refractivity contribution in [3.05, 3.63) is 54.8 Å². The van der Waals surface area contributed by atoms with Crippen LogP contribution in [0.15, 0.2) is 32.3 Å². The maximum Gasteiger partial charge on any atom is 0.431 e. The topological polar surface area (TPSA) is 70.3 Å². The van der Waals surface area contributed by atoms with Gasteiger partial charge in [0.25, 0.3) is 5.56 Å². The molecule has 0 saturated carbocycles. The SMILES string of the molecule is Cn1c(C(F)(F)F)cc(=O)n(-c2ccc(Br)c3c2OC(C)(C)C3=O)c1=O. The molecule has 6 nitrogen and oxygen atoms in total. The van der Waals surface area contributed by atoms with Crippen LogP contribution in [0.25, 0.3) is 5.69 Å². The van der Waals surface area contributed by atoms with Crippen molar-refractivity contribution in [2.24, 2.45) is 7.05 Å². The summed E-state index contributed by atoms with van der Waals surface area (Å²) in [4.78, 5) is 37.2. The molecule has 0 fully saturated rings. The van der Waals surface area contributed by atoms with Crippen LogP contribution in [0.2, 0.25) is 0 Å². The summed E-state index contributed by atoms with van der Waals surface area (Å²) in [7, 11) is 0.913. The van der Waals surface area contributed by atoms with Gasteiger partial charge in [-0.1, -0.05) is 0 Å². The number of ether oxygens (including phenoxy) is 1. The zero-order valence-electron chi connectivity index (χ0n) is 13.8. The van der Waals surface area contributed by atoms with E-state index in [1.165, 1.54) is 26.0 Å². The maximum absolute atomic E-state index is 13.0. The van der Waals surface area contributed by atoms with Crippen molar-refractivity contribution in [2.75, 3.05) is 0 Å². The number of benzene rings is 1. The quantitative estimate of drug-likeness (QED) is 0.694. The fourth-order valence-electron chi connectivity index (χ4n) is 2.76. The van der Waals surface area contributed by atoms with Gasteiger partial charge in [-0.15, -0.1) is 0 Å². The number of aromatic nitrogens is 2. The van der Waals surface area contributed by atoms with Gasteiger partial charge in [0.1, 0.15) is 5.69 Å². The minimum Gasteiger partial charge on any atom is -0.477 e. The summed E-state index contributed by atoms with van der Waals surface area (Å²) in [5.74, 6) is -0.411. The van der Waals surface area contributed by atoms with Crippen LogP contribution in [0.4, 0.5) is 13.2 Å². The zero-order chi connectivity index (χ0) is 19.6. The predicted octanol–water partition coefficient (Wildman–Crippen LogP) is 2.67. The van der Waals surface area contributed by atoms with Gasteiger partial charge in [0.05, 0.1) is 11.3 Å². The van der Waals surface area contributed by atoms with Gasteiger partial charge in [0.2, 0.25) is 5.78 Å². The molecule has 0 saturated heterocycles. The Morgan fingerprint density at radius 2 is 1.77 bits per heavy atom. The lowest BCUT2D eigenvalue weighted by Gasteiger charge is -2.18. The second-order valence-electron chi connectivity index (χ2n) is 6.25. The number of Topliss-reactive ketones (excluding diaryl/α,β-unsaturated/α-hetero) is 1. The molecule has 0 aliphatic carbocycles. The molecule has 26 heavy (non-hydrogen) atoms. The third-order valence-corrected chi connectivity index (χ3v) is 4.73. The monoisotopic (exact) mass is 432 g/mol. The molecule has 0 amide bonds. The third-order valence-electron chi connectivity index (χ3n) is 4.07. The average molecular weight is 433 g/mol. The van der Waals surface area contributed by atoms with E-state index in [-0.39, 0.29) is 22.8 Å². The zero-order valence-corrected chi connectivity index (χ0v) is 15.4. The second-order valence-corrected chi connectivity index (χ2v) is 7.11. The Morgan fingerprint density at radius 1 is 1.15 bits per heavy atom. The number of nitrogens with zero attached hydrogens (tertiary/aromatic N) is 2. The number of hydrogen-bond acceptors (Lipinski definition) is 4. The first-order chi connectivity index (χ1) is 11.9. The second kappa shape index (κ2) is 5.57. The number of carbonyl (C=O) groups excluding carboxylic acids is 1. The van der Waals surface area contributed by atoms with Crippen molar-refractivity contribution in [1.82, 2.24) is 9.13 Å². The van der Waals surface area contributed by atoms with Crippen LogP contribution in [0.3, 0.4) is 0 Å². The van der Waals surface area contributed by atoms with Crippen molar-refractivity contribution in [2.45, 2.75) is 25.6 Å². The highest BCUT2D eigenvalue weighted by Gasteiger charge is 2.43. The van der Waals surface area contributed by atoms with Crippen molar-refractivity contribution in [3.63, 3.8) is 0 Å². The van der Waals surface area contributed by atoms with Crippen LogP contribution in [0.1, 0.15) is 29.9 Å². The number of rotatable bonds is 1. The highest BCUT2D eigenvalue weighted by molar-refractivity contribution is 9.10. The van der Waals surface area contributed by atoms with Crippen LogP contribution in [0.5, 0.6) is 5.75 Å². The van der Waals surface area contributed by atoms with E-state index in [4.69, 9.17) is 4.74 Å². The third kappa shape index (κ3) is 2.59. The van der Waals surface area contributed by atoms with Gasteiger partial charge in [-0.2, -0.15) is 13.2 Å². The van der Waals surface area contributed by atoms with Crippen LogP contribution in [0, 0.1) is 0 Å². The first-order valence-corrected chi connectivity index (χ1v) is 8.12. The molecular formula is C16H12BrF3N2O4. The van der Waals surface area contributed by atoms with E-state index >= 15 is 0 Å². The molecule has 1 aromatic carbocycles. The Labute approximate surface area is 152 Å². The molecule has 0 spiro atoms. The largest absolute Gasteiger partial charge is 0.477 e. The molecule has 2 aromatic rings. The van der Waals surface area contributed by atoms with Crippen LogP contribution < -0.4 is 16.0 Å². The number of fused-ring (bicyclic) bond motifs is 1. The summed E-state index contributed by atoms with van der Waals surface area (Å²) in [5.41, 5.74) is -4.94. The van der Waals surface area contributed by atoms with Gasteiger partial charge in [-0.3, -0.25) is 14.2 Å². The average Bonchev–Trinajstić information content (AvgIpc) is 2.75. The van der Waals surface area contributed by atoms with Gasteiger partial charge < -0.3 is 4.74 Å². The molecule has 1 aromatic heterocycles. The van der Waals surface area contributed by atoms with Gasteiger partial charge in [0, 0.05) is 17.6 Å². The maximum atomic E-state index is 13.0. The number of alkyl halides is 3. The Balaban J connectivity index is 2.36. The van der Waals surface area contributed by atoms with Crippen LogP contribution >= 0.6 is 15.9 Å². The van der Waals surface area contributed by atoms with Crippen molar-refractivity contribution >= 4 is 21.7 Å². The van der Waals surface area contributed by atoms with Gasteiger partial charge >= 0.3 is 11.9 Å². The molecule has 1 aliphatic rings. The molecule has 2 heterocycles. The summed E-state index contributed by atoms with van der Waals surface area (Å²) in [6.07, 6.45) is -4.86. The molecule has 1 aliphatic heterocycles. The van der Waals surface area contributed by atoms with Gasteiger partial charge in [0.15, 0.2) is 11.4 Å². The molecule has 138 valence electrons. The van der Waals surface area contributed by atoms with E-state index < -0.39 is 28.7 Å². The fraction of sp³-hybridized carbons (Fsp3) is 0.312. The van der Waals surface area contributed by atoms with Crippen molar-refractivity contribution in [1.29, 1.82) is 0 Å². The normalized spacial score (nSPS) is 15.7. The lowest BCUT2D eigenvalue weighted by atomic mass is 9.99. The molecular weight excluding hydrogens is 421 g/mol. The van der Waals surface area contributed by atoms with Crippen molar-refractivity contribution in [3.8, 4) is 11.4 Å². The highest BCUT2D eigenvalue weighted by Crippen LogP contribution is 2.42. The first kappa shape index (κ1) is 18.4. The standard InChI is InChI=1S/C16H12BrF3N2O4/c1-15(2)13(24)11-7(17)4-5-8(12(11)26-15)22-10(23)6-9(16(18,19)20)21(3)14(22)25/h4-6H,1-3H3. The summed E-state index contributed by atoms with van der Waals surface area (Å²) < 4.78 is 45.8. The molecule has 0 unspecified atom stereocenters. The van der Waals surface area contributed by atoms with E-state index in [1.54, 1.807) is 0 Å². The lowest BCUT2D eigenvalue weighted by Crippen LogP contribution is -2.41. The number of carbonyl (C=O) groups is 1. The number of ketones is 1. The highest BCUT2D eigenvalue weighted by atomic mass is 79.9. The molecule has 3 rings (SSSR count). The molecule has 0 bridgehead atoms. The smallest absolute Gasteiger partial charge is 0.431 e. The van der Waals surface area contributed by atoms with E-state index in [0.29, 0.717) is 19.7 Å².